The normalized spacial score (nSPS) is 30.2. The van der Waals surface area contributed by atoms with E-state index in [0.29, 0.717) is 5.41 Å². The van der Waals surface area contributed by atoms with Crippen LogP contribution in [0.2, 0.25) is 0 Å². The fourth-order valence-electron chi connectivity index (χ4n) is 2.90. The molecule has 1 heterocycles. The zero-order chi connectivity index (χ0) is 12.9. The average molecular weight is 240 g/mol. The first kappa shape index (κ1) is 15.0. The minimum atomic E-state index is 0.435. The Hall–Kier alpha value is -0.0800. The molecule has 1 aliphatic heterocycles. The smallest absolute Gasteiger partial charge is 0.00697 e. The summed E-state index contributed by atoms with van der Waals surface area (Å²) in [6, 6.07) is 0.770. The second-order valence-electron chi connectivity index (χ2n) is 6.39. The Morgan fingerprint density at radius 3 is 2.53 bits per heavy atom. The SMILES string of the molecule is CCNCC(C)(CC)CN1CCC(C)CC1C. The second kappa shape index (κ2) is 6.75. The molecule has 0 aliphatic carbocycles. The van der Waals surface area contributed by atoms with Gasteiger partial charge in [-0.15, -0.1) is 0 Å². The molecule has 3 atom stereocenters. The molecule has 0 spiro atoms. The van der Waals surface area contributed by atoms with E-state index in [1.54, 1.807) is 0 Å². The summed E-state index contributed by atoms with van der Waals surface area (Å²) in [6.45, 7) is 16.5. The zero-order valence-corrected chi connectivity index (χ0v) is 12.6. The lowest BCUT2D eigenvalue weighted by atomic mass is 9.84. The monoisotopic (exact) mass is 240 g/mol. The van der Waals surface area contributed by atoms with Gasteiger partial charge in [0.15, 0.2) is 0 Å². The molecule has 1 fully saturated rings. The van der Waals surface area contributed by atoms with E-state index in [0.717, 1.165) is 25.0 Å². The number of rotatable bonds is 6. The largest absolute Gasteiger partial charge is 0.316 e. The third-order valence-corrected chi connectivity index (χ3v) is 4.52. The van der Waals surface area contributed by atoms with E-state index >= 15 is 0 Å². The van der Waals surface area contributed by atoms with Crippen molar-refractivity contribution in [1.29, 1.82) is 0 Å². The van der Waals surface area contributed by atoms with Gasteiger partial charge in [0.05, 0.1) is 0 Å². The van der Waals surface area contributed by atoms with Gasteiger partial charge < -0.3 is 10.2 Å². The average Bonchev–Trinajstić information content (AvgIpc) is 2.30. The summed E-state index contributed by atoms with van der Waals surface area (Å²) in [4.78, 5) is 2.71. The topological polar surface area (TPSA) is 15.3 Å². The van der Waals surface area contributed by atoms with Crippen molar-refractivity contribution in [2.45, 2.75) is 59.9 Å². The number of hydrogen-bond donors (Lipinski definition) is 1. The third kappa shape index (κ3) is 4.59. The molecular formula is C15H32N2. The Morgan fingerprint density at radius 2 is 2.00 bits per heavy atom. The van der Waals surface area contributed by atoms with E-state index in [9.17, 15) is 0 Å². The van der Waals surface area contributed by atoms with Gasteiger partial charge in [0.25, 0.3) is 0 Å². The van der Waals surface area contributed by atoms with Crippen LogP contribution in [0.5, 0.6) is 0 Å². The highest BCUT2D eigenvalue weighted by molar-refractivity contribution is 4.84. The van der Waals surface area contributed by atoms with Gasteiger partial charge in [-0.25, -0.2) is 0 Å². The molecule has 0 amide bonds. The third-order valence-electron chi connectivity index (χ3n) is 4.52. The van der Waals surface area contributed by atoms with E-state index in [-0.39, 0.29) is 0 Å². The van der Waals surface area contributed by atoms with Crippen molar-refractivity contribution in [3.05, 3.63) is 0 Å². The maximum absolute atomic E-state index is 3.53. The molecule has 0 saturated carbocycles. The maximum atomic E-state index is 3.53. The summed E-state index contributed by atoms with van der Waals surface area (Å²) in [6.07, 6.45) is 4.02. The number of hydrogen-bond acceptors (Lipinski definition) is 2. The van der Waals surface area contributed by atoms with Crippen molar-refractivity contribution >= 4 is 0 Å². The number of piperidine rings is 1. The first-order valence-electron chi connectivity index (χ1n) is 7.45. The van der Waals surface area contributed by atoms with Crippen LogP contribution in [0.15, 0.2) is 0 Å². The summed E-state index contributed by atoms with van der Waals surface area (Å²) in [5.74, 6) is 0.919. The van der Waals surface area contributed by atoms with Crippen LogP contribution in [0.1, 0.15) is 53.9 Å². The molecule has 0 bridgehead atoms. The molecule has 1 rings (SSSR count). The van der Waals surface area contributed by atoms with Crippen molar-refractivity contribution in [1.82, 2.24) is 10.2 Å². The van der Waals surface area contributed by atoms with Crippen molar-refractivity contribution < 1.29 is 0 Å². The zero-order valence-electron chi connectivity index (χ0n) is 12.6. The van der Waals surface area contributed by atoms with Gasteiger partial charge in [0, 0.05) is 19.1 Å². The van der Waals surface area contributed by atoms with Crippen LogP contribution < -0.4 is 5.32 Å². The molecule has 0 aromatic carbocycles. The first-order chi connectivity index (χ1) is 8.00. The fourth-order valence-corrected chi connectivity index (χ4v) is 2.90. The van der Waals surface area contributed by atoms with Gasteiger partial charge in [-0.1, -0.05) is 27.7 Å². The quantitative estimate of drug-likeness (QED) is 0.767. The fraction of sp³-hybridized carbons (Fsp3) is 1.00. The minimum absolute atomic E-state index is 0.435. The molecule has 2 heteroatoms. The van der Waals surface area contributed by atoms with Crippen LogP contribution in [0.4, 0.5) is 0 Å². The lowest BCUT2D eigenvalue weighted by Crippen LogP contribution is -2.48. The molecule has 0 aromatic rings. The molecule has 0 radical (unpaired) electrons. The van der Waals surface area contributed by atoms with Crippen molar-refractivity contribution in [3.63, 3.8) is 0 Å². The van der Waals surface area contributed by atoms with Crippen molar-refractivity contribution in [2.75, 3.05) is 26.2 Å². The number of likely N-dealkylation sites (tertiary alicyclic amines) is 1. The molecule has 17 heavy (non-hydrogen) atoms. The van der Waals surface area contributed by atoms with Gasteiger partial charge in [0.2, 0.25) is 0 Å². The molecule has 3 unspecified atom stereocenters. The summed E-state index contributed by atoms with van der Waals surface area (Å²) in [7, 11) is 0. The number of nitrogens with zero attached hydrogens (tertiary/aromatic N) is 1. The first-order valence-corrected chi connectivity index (χ1v) is 7.45. The standard InChI is InChI=1S/C15H32N2/c1-6-15(5,11-16-7-2)12-17-9-8-13(3)10-14(17)4/h13-14,16H,6-12H2,1-5H3. The second-order valence-corrected chi connectivity index (χ2v) is 6.39. The predicted octanol–water partition coefficient (Wildman–Crippen LogP) is 3.13. The van der Waals surface area contributed by atoms with Crippen LogP contribution in [0.25, 0.3) is 0 Å². The van der Waals surface area contributed by atoms with E-state index in [1.807, 2.05) is 0 Å². The highest BCUT2D eigenvalue weighted by atomic mass is 15.2. The van der Waals surface area contributed by atoms with Gasteiger partial charge in [-0.3, -0.25) is 0 Å². The minimum Gasteiger partial charge on any atom is -0.316 e. The van der Waals surface area contributed by atoms with Crippen LogP contribution in [0.3, 0.4) is 0 Å². The van der Waals surface area contributed by atoms with Crippen molar-refractivity contribution in [2.24, 2.45) is 11.3 Å². The van der Waals surface area contributed by atoms with Gasteiger partial charge in [0.1, 0.15) is 0 Å². The summed E-state index contributed by atoms with van der Waals surface area (Å²) >= 11 is 0. The van der Waals surface area contributed by atoms with Crippen LogP contribution in [-0.2, 0) is 0 Å². The predicted molar refractivity (Wildman–Crippen MR) is 76.4 cm³/mol. The van der Waals surface area contributed by atoms with E-state index in [2.05, 4.69) is 44.8 Å². The Bertz CT molecular complexity index is 217. The van der Waals surface area contributed by atoms with E-state index < -0.39 is 0 Å². The van der Waals surface area contributed by atoms with Crippen LogP contribution in [0, 0.1) is 11.3 Å². The molecule has 102 valence electrons. The summed E-state index contributed by atoms with van der Waals surface area (Å²) < 4.78 is 0. The molecular weight excluding hydrogens is 208 g/mol. The Morgan fingerprint density at radius 1 is 1.29 bits per heavy atom. The van der Waals surface area contributed by atoms with Crippen molar-refractivity contribution in [3.8, 4) is 0 Å². The lowest BCUT2D eigenvalue weighted by Gasteiger charge is -2.42. The van der Waals surface area contributed by atoms with Gasteiger partial charge in [-0.2, -0.15) is 0 Å². The van der Waals surface area contributed by atoms with Gasteiger partial charge >= 0.3 is 0 Å². The van der Waals surface area contributed by atoms with E-state index in [1.165, 1.54) is 32.4 Å². The molecule has 1 saturated heterocycles. The number of nitrogens with one attached hydrogen (secondary N) is 1. The Balaban J connectivity index is 2.49. The highest BCUT2D eigenvalue weighted by Gasteiger charge is 2.30. The molecule has 1 aliphatic rings. The Kier molecular flexibility index (Phi) is 5.94. The summed E-state index contributed by atoms with van der Waals surface area (Å²) in [5, 5.41) is 3.53. The molecule has 1 N–H and O–H groups in total. The lowest BCUT2D eigenvalue weighted by molar-refractivity contribution is 0.0751. The van der Waals surface area contributed by atoms with Gasteiger partial charge in [-0.05, 0) is 50.6 Å². The van der Waals surface area contributed by atoms with Crippen LogP contribution >= 0.6 is 0 Å². The maximum Gasteiger partial charge on any atom is 0.00697 e. The Labute approximate surface area is 108 Å². The van der Waals surface area contributed by atoms with E-state index in [4.69, 9.17) is 0 Å². The van der Waals surface area contributed by atoms with Crippen LogP contribution in [-0.4, -0.2) is 37.1 Å². The highest BCUT2D eigenvalue weighted by Crippen LogP contribution is 2.28. The molecule has 0 aromatic heterocycles. The molecule has 2 nitrogen and oxygen atoms in total. The summed E-state index contributed by atoms with van der Waals surface area (Å²) in [5.41, 5.74) is 0.435.